The van der Waals surface area contributed by atoms with Crippen molar-refractivity contribution in [2.24, 2.45) is 5.41 Å². The molecule has 0 amide bonds. The molecule has 8 rings (SSSR count). The average molecular weight is 874 g/mol. The molecule has 8 aromatic rings. The topological polar surface area (TPSA) is 62.7 Å². The monoisotopic (exact) mass is 874 g/mol. The number of nitriles is 1. The average Bonchev–Trinajstić information content (AvgIpc) is 3.62. The molecule has 0 fully saturated rings. The number of pyridine rings is 2. The zero-order chi connectivity index (χ0) is 43.0. The first kappa shape index (κ1) is 27.9. The van der Waals surface area contributed by atoms with Gasteiger partial charge in [-0.15, -0.1) is 47.5 Å². The van der Waals surface area contributed by atoms with Crippen molar-refractivity contribution in [2.45, 2.75) is 40.8 Å². The Labute approximate surface area is 336 Å². The van der Waals surface area contributed by atoms with Crippen molar-refractivity contribution in [3.8, 4) is 50.8 Å². The predicted octanol–water partition coefficient (Wildman–Crippen LogP) is 12.4. The van der Waals surface area contributed by atoms with Gasteiger partial charge in [0.15, 0.2) is 0 Å². The Morgan fingerprint density at radius 1 is 0.774 bits per heavy atom. The van der Waals surface area contributed by atoms with Gasteiger partial charge in [-0.2, -0.15) is 5.26 Å². The largest absolute Gasteiger partial charge is 0.499 e. The molecule has 3 aromatic heterocycles. The van der Waals surface area contributed by atoms with Crippen molar-refractivity contribution in [1.29, 1.82) is 5.26 Å². The normalized spacial score (nSPS) is 14.0. The Bertz CT molecular complexity index is 2860. The van der Waals surface area contributed by atoms with Gasteiger partial charge in [-0.05, 0) is 70.0 Å². The first-order valence-electron chi connectivity index (χ1n) is 20.8. The van der Waals surface area contributed by atoms with Crippen LogP contribution in [0.4, 0.5) is 0 Å². The standard InChI is InChI=1S/C29H23N2O.C19H16N.Ir/c1-29(2,3)17-19-10-12-20(13-11-19)21-14-15-31-26(16-21)25-9-5-8-24-23-7-4-6-22(18-30)27(23)32-28(24)25;1-14-8-11-19(20-13-14)17-10-9-15(2)18(12-17)16-6-4-3-5-7-16;/h4-8,10-16H,17H2,1-3H3;3-9,11-13H,1-2H3;/q2*-1;/i17D2;1D3,2D3;. The van der Waals surface area contributed by atoms with E-state index in [1.807, 2.05) is 112 Å². The second-order valence-corrected chi connectivity index (χ2v) is 13.3. The first-order chi connectivity index (χ1) is 28.4. The number of rotatable bonds is 5. The maximum atomic E-state index is 9.47. The van der Waals surface area contributed by atoms with Crippen LogP contribution >= 0.6 is 0 Å². The fourth-order valence-electron chi connectivity index (χ4n) is 6.02. The van der Waals surface area contributed by atoms with E-state index in [0.29, 0.717) is 39.1 Å². The van der Waals surface area contributed by atoms with E-state index in [0.717, 1.165) is 38.7 Å². The number of hydrogen-bond acceptors (Lipinski definition) is 4. The van der Waals surface area contributed by atoms with Crippen LogP contribution in [0, 0.1) is 42.6 Å². The van der Waals surface area contributed by atoms with Crippen molar-refractivity contribution in [3.63, 3.8) is 0 Å². The molecule has 0 aliphatic carbocycles. The maximum Gasteiger partial charge on any atom is 0.138 e. The van der Waals surface area contributed by atoms with Crippen LogP contribution in [0.1, 0.15) is 54.0 Å². The molecule has 0 bridgehead atoms. The molecule has 0 aliphatic heterocycles. The van der Waals surface area contributed by atoms with E-state index in [4.69, 9.17) is 15.4 Å². The summed E-state index contributed by atoms with van der Waals surface area (Å²) in [5, 5.41) is 11.3. The third kappa shape index (κ3) is 8.37. The van der Waals surface area contributed by atoms with Gasteiger partial charge in [0.25, 0.3) is 0 Å². The molecule has 0 saturated carbocycles. The zero-order valence-corrected chi connectivity index (χ0v) is 31.7. The Balaban J connectivity index is 0.000000208. The number of aromatic nitrogens is 2. The molecule has 1 radical (unpaired) electrons. The summed E-state index contributed by atoms with van der Waals surface area (Å²) in [6.45, 7) is 1.24. The van der Waals surface area contributed by atoms with Gasteiger partial charge in [0, 0.05) is 48.9 Å². The first-order valence-corrected chi connectivity index (χ1v) is 16.8. The molecule has 0 unspecified atom stereocenters. The van der Waals surface area contributed by atoms with Crippen LogP contribution in [0.5, 0.6) is 0 Å². The van der Waals surface area contributed by atoms with Crippen molar-refractivity contribution in [2.75, 3.05) is 0 Å². The summed E-state index contributed by atoms with van der Waals surface area (Å²) in [5.41, 5.74) is 8.14. The Morgan fingerprint density at radius 2 is 1.58 bits per heavy atom. The summed E-state index contributed by atoms with van der Waals surface area (Å²) in [5.74, 6) is 0. The Morgan fingerprint density at radius 3 is 2.30 bits per heavy atom. The summed E-state index contributed by atoms with van der Waals surface area (Å²) >= 11 is 0. The molecule has 5 aromatic carbocycles. The van der Waals surface area contributed by atoms with Gasteiger partial charge >= 0.3 is 0 Å². The fraction of sp³-hybridized carbons (Fsp3) is 0.146. The van der Waals surface area contributed by atoms with Crippen LogP contribution in [0.15, 0.2) is 138 Å². The van der Waals surface area contributed by atoms with Gasteiger partial charge in [0.2, 0.25) is 0 Å². The Hall–Kier alpha value is -5.66. The molecular formula is C48H39IrN3O-2. The van der Waals surface area contributed by atoms with Crippen LogP contribution in [0.3, 0.4) is 0 Å². The van der Waals surface area contributed by atoms with E-state index < -0.39 is 25.5 Å². The fourth-order valence-corrected chi connectivity index (χ4v) is 6.02. The molecule has 53 heavy (non-hydrogen) atoms. The molecule has 0 atom stereocenters. The molecule has 0 aliphatic rings. The van der Waals surface area contributed by atoms with E-state index in [2.05, 4.69) is 28.2 Å². The van der Waals surface area contributed by atoms with E-state index in [1.54, 1.807) is 24.4 Å². The molecule has 3 heterocycles. The van der Waals surface area contributed by atoms with Gasteiger partial charge in [-0.1, -0.05) is 129 Å². The van der Waals surface area contributed by atoms with Gasteiger partial charge in [-0.25, -0.2) is 0 Å². The van der Waals surface area contributed by atoms with Crippen LogP contribution in [-0.2, 0) is 26.5 Å². The van der Waals surface area contributed by atoms with Gasteiger partial charge < -0.3 is 14.4 Å². The van der Waals surface area contributed by atoms with Gasteiger partial charge in [-0.3, -0.25) is 0 Å². The second kappa shape index (κ2) is 15.9. The number of fused-ring (bicyclic) bond motifs is 3. The minimum absolute atomic E-state index is 0. The zero-order valence-electron chi connectivity index (χ0n) is 37.3. The molecular weight excluding hydrogens is 827 g/mol. The van der Waals surface area contributed by atoms with Crippen LogP contribution in [0.25, 0.3) is 66.7 Å². The van der Waals surface area contributed by atoms with E-state index >= 15 is 0 Å². The SMILES string of the molecule is [2H]C([2H])([2H])c1ccc(-c2[c-]cc(C([2H])([2H])[2H])c(-c3ccccc3)c2)nc1.[2H]C([2H])(c1ccc(-c2ccnc(-c3[c-]ccc4c3oc3c(C#N)cccc34)c2)cc1)C(C)(C)C.[Ir]. The number of furan rings is 1. The maximum absolute atomic E-state index is 9.47. The summed E-state index contributed by atoms with van der Waals surface area (Å²) in [6, 6.07) is 44.9. The quantitative estimate of drug-likeness (QED) is 0.162. The smallest absolute Gasteiger partial charge is 0.138 e. The number of benzene rings is 5. The molecule has 0 saturated heterocycles. The van der Waals surface area contributed by atoms with Crippen LogP contribution in [0.2, 0.25) is 0 Å². The van der Waals surface area contributed by atoms with Crippen LogP contribution in [-0.4, -0.2) is 9.97 Å². The molecule has 5 heteroatoms. The van der Waals surface area contributed by atoms with Crippen molar-refractivity contribution >= 4 is 21.9 Å². The molecule has 0 spiro atoms. The summed E-state index contributed by atoms with van der Waals surface area (Å²) in [6.07, 6.45) is 1.63. The minimum atomic E-state index is -2.27. The molecule has 263 valence electrons. The van der Waals surface area contributed by atoms with Crippen LogP contribution < -0.4 is 0 Å². The van der Waals surface area contributed by atoms with Crippen molar-refractivity contribution in [1.82, 2.24) is 9.97 Å². The number of aryl methyl sites for hydroxylation is 2. The van der Waals surface area contributed by atoms with E-state index in [-0.39, 0.29) is 31.2 Å². The third-order valence-electron chi connectivity index (χ3n) is 8.41. The summed E-state index contributed by atoms with van der Waals surface area (Å²) in [7, 11) is 0. The molecule has 0 N–H and O–H groups in total. The second-order valence-electron chi connectivity index (χ2n) is 13.3. The van der Waals surface area contributed by atoms with Gasteiger partial charge in [0.1, 0.15) is 11.7 Å². The number of para-hydroxylation sites is 1. The molecule has 4 nitrogen and oxygen atoms in total. The van der Waals surface area contributed by atoms with Crippen molar-refractivity contribution < 1.29 is 35.5 Å². The predicted molar refractivity (Wildman–Crippen MR) is 213 cm³/mol. The summed E-state index contributed by atoms with van der Waals surface area (Å²) in [4.78, 5) is 8.78. The third-order valence-corrected chi connectivity index (χ3v) is 8.41. The summed E-state index contributed by atoms with van der Waals surface area (Å²) < 4.78 is 68.7. The number of nitrogens with zero attached hydrogens (tertiary/aromatic N) is 3. The van der Waals surface area contributed by atoms with E-state index in [1.165, 1.54) is 18.3 Å². The minimum Gasteiger partial charge on any atom is -0.499 e. The Kier molecular flexibility index (Phi) is 8.39. The van der Waals surface area contributed by atoms with Crippen molar-refractivity contribution in [3.05, 3.63) is 168 Å². The van der Waals surface area contributed by atoms with Gasteiger partial charge in [0.05, 0.1) is 11.1 Å². The number of hydrogen-bond donors (Lipinski definition) is 0. The van der Waals surface area contributed by atoms with E-state index in [9.17, 15) is 5.26 Å².